The quantitative estimate of drug-likeness (QED) is 0.693. The van der Waals surface area contributed by atoms with Crippen LogP contribution in [0.2, 0.25) is 5.02 Å². The minimum absolute atomic E-state index is 0.0650. The van der Waals surface area contributed by atoms with Gasteiger partial charge in [0.15, 0.2) is 0 Å². The van der Waals surface area contributed by atoms with Gasteiger partial charge in [0.1, 0.15) is 10.6 Å². The van der Waals surface area contributed by atoms with Crippen LogP contribution in [-0.4, -0.2) is 38.8 Å². The van der Waals surface area contributed by atoms with Crippen LogP contribution in [0.4, 0.5) is 18.9 Å². The fourth-order valence-electron chi connectivity index (χ4n) is 3.35. The van der Waals surface area contributed by atoms with Crippen LogP contribution in [0.25, 0.3) is 0 Å². The summed E-state index contributed by atoms with van der Waals surface area (Å²) in [7, 11) is -2.62. The van der Waals surface area contributed by atoms with Crippen molar-refractivity contribution in [2.45, 2.75) is 23.9 Å². The standard InChI is InChI=1S/C20H20ClF3N2O4S/c1-30-17-9-6-15(21)11-18(17)31(28,29)26-10-2-3-13(12-26)19(27)25-16-7-4-14(5-8-16)20(22,23)24/h4-9,11,13H,2-3,10,12H2,1H3,(H,25,27)/t13-/m0/s1. The summed E-state index contributed by atoms with van der Waals surface area (Å²) >= 11 is 5.95. The van der Waals surface area contributed by atoms with Crippen LogP contribution in [-0.2, 0) is 21.0 Å². The van der Waals surface area contributed by atoms with Crippen molar-refractivity contribution in [3.05, 3.63) is 53.1 Å². The number of hydrogen-bond acceptors (Lipinski definition) is 4. The number of alkyl halides is 3. The highest BCUT2D eigenvalue weighted by Gasteiger charge is 2.35. The molecule has 1 aliphatic heterocycles. The number of nitrogens with zero attached hydrogens (tertiary/aromatic N) is 1. The van der Waals surface area contributed by atoms with E-state index < -0.39 is 33.6 Å². The molecular weight excluding hydrogens is 457 g/mol. The van der Waals surface area contributed by atoms with Gasteiger partial charge >= 0.3 is 6.18 Å². The summed E-state index contributed by atoms with van der Waals surface area (Å²) < 4.78 is 70.6. The Bertz CT molecular complexity index is 1060. The molecule has 1 atom stereocenters. The molecular formula is C20H20ClF3N2O4S. The third-order valence-corrected chi connectivity index (χ3v) is 7.10. The van der Waals surface area contributed by atoms with Gasteiger partial charge in [-0.25, -0.2) is 8.42 Å². The molecule has 0 unspecified atom stereocenters. The van der Waals surface area contributed by atoms with Crippen LogP contribution >= 0.6 is 11.6 Å². The zero-order valence-corrected chi connectivity index (χ0v) is 18.0. The van der Waals surface area contributed by atoms with Gasteiger partial charge in [-0.2, -0.15) is 17.5 Å². The van der Waals surface area contributed by atoms with Gasteiger partial charge in [0.2, 0.25) is 15.9 Å². The van der Waals surface area contributed by atoms with Gasteiger partial charge in [0.25, 0.3) is 0 Å². The highest BCUT2D eigenvalue weighted by atomic mass is 35.5. The predicted octanol–water partition coefficient (Wildman–Crippen LogP) is 4.41. The van der Waals surface area contributed by atoms with Gasteiger partial charge in [0, 0.05) is 23.8 Å². The average Bonchev–Trinajstić information content (AvgIpc) is 2.73. The minimum atomic E-state index is -4.47. The first-order valence-electron chi connectivity index (χ1n) is 9.34. The van der Waals surface area contributed by atoms with E-state index in [1.165, 1.54) is 29.6 Å². The van der Waals surface area contributed by atoms with Crippen LogP contribution < -0.4 is 10.1 Å². The number of methoxy groups -OCH3 is 1. The van der Waals surface area contributed by atoms with Crippen molar-refractivity contribution < 1.29 is 31.1 Å². The van der Waals surface area contributed by atoms with E-state index in [0.717, 1.165) is 24.3 Å². The molecule has 1 N–H and O–H groups in total. The number of sulfonamides is 1. The molecule has 0 saturated carbocycles. The second kappa shape index (κ2) is 9.05. The monoisotopic (exact) mass is 476 g/mol. The largest absolute Gasteiger partial charge is 0.495 e. The molecule has 0 bridgehead atoms. The Labute approximate surface area is 183 Å². The number of hydrogen-bond donors (Lipinski definition) is 1. The predicted molar refractivity (Wildman–Crippen MR) is 110 cm³/mol. The SMILES string of the molecule is COc1ccc(Cl)cc1S(=O)(=O)N1CCC[C@H](C(=O)Nc2ccc(C(F)(F)F)cc2)C1. The zero-order valence-electron chi connectivity index (χ0n) is 16.4. The van der Waals surface area contributed by atoms with Crippen molar-refractivity contribution >= 4 is 33.2 Å². The lowest BCUT2D eigenvalue weighted by atomic mass is 9.98. The van der Waals surface area contributed by atoms with Crippen molar-refractivity contribution in [1.82, 2.24) is 4.31 Å². The van der Waals surface area contributed by atoms with Crippen LogP contribution in [0.5, 0.6) is 5.75 Å². The van der Waals surface area contributed by atoms with E-state index >= 15 is 0 Å². The first kappa shape index (κ1) is 23.4. The second-order valence-electron chi connectivity index (χ2n) is 7.06. The fraction of sp³-hybridized carbons (Fsp3) is 0.350. The molecule has 31 heavy (non-hydrogen) atoms. The molecule has 1 amide bonds. The molecule has 2 aromatic carbocycles. The highest BCUT2D eigenvalue weighted by Crippen LogP contribution is 2.33. The van der Waals surface area contributed by atoms with Crippen molar-refractivity contribution in [2.75, 3.05) is 25.5 Å². The third-order valence-electron chi connectivity index (χ3n) is 4.98. The van der Waals surface area contributed by atoms with Gasteiger partial charge in [-0.05, 0) is 55.3 Å². The number of amides is 1. The van der Waals surface area contributed by atoms with Crippen LogP contribution in [0.15, 0.2) is 47.4 Å². The Kier molecular flexibility index (Phi) is 6.82. The fourth-order valence-corrected chi connectivity index (χ4v) is 5.29. The lowest BCUT2D eigenvalue weighted by molar-refractivity contribution is -0.137. The smallest absolute Gasteiger partial charge is 0.416 e. The maximum absolute atomic E-state index is 13.1. The molecule has 3 rings (SSSR count). The van der Waals surface area contributed by atoms with E-state index in [0.29, 0.717) is 12.8 Å². The maximum Gasteiger partial charge on any atom is 0.416 e. The number of anilines is 1. The Morgan fingerprint density at radius 3 is 2.48 bits per heavy atom. The molecule has 6 nitrogen and oxygen atoms in total. The summed E-state index contributed by atoms with van der Waals surface area (Å²) in [5, 5.41) is 2.79. The van der Waals surface area contributed by atoms with E-state index in [2.05, 4.69) is 5.32 Å². The van der Waals surface area contributed by atoms with E-state index in [4.69, 9.17) is 16.3 Å². The van der Waals surface area contributed by atoms with Crippen molar-refractivity contribution in [2.24, 2.45) is 5.92 Å². The van der Waals surface area contributed by atoms with E-state index in [9.17, 15) is 26.4 Å². The third kappa shape index (κ3) is 5.31. The van der Waals surface area contributed by atoms with Gasteiger partial charge in [0.05, 0.1) is 18.6 Å². The van der Waals surface area contributed by atoms with E-state index in [-0.39, 0.29) is 34.4 Å². The molecule has 1 fully saturated rings. The second-order valence-corrected chi connectivity index (χ2v) is 9.40. The van der Waals surface area contributed by atoms with Crippen molar-refractivity contribution in [1.29, 1.82) is 0 Å². The van der Waals surface area contributed by atoms with Crippen LogP contribution in [0.3, 0.4) is 0 Å². The van der Waals surface area contributed by atoms with Crippen LogP contribution in [0.1, 0.15) is 18.4 Å². The lowest BCUT2D eigenvalue weighted by Crippen LogP contribution is -2.43. The summed E-state index contributed by atoms with van der Waals surface area (Å²) in [5.41, 5.74) is -0.620. The first-order valence-corrected chi connectivity index (χ1v) is 11.2. The number of piperidine rings is 1. The number of halogens is 4. The number of benzene rings is 2. The summed E-state index contributed by atoms with van der Waals surface area (Å²) in [6, 6.07) is 8.33. The molecule has 1 saturated heterocycles. The summed E-state index contributed by atoms with van der Waals surface area (Å²) in [6.45, 7) is 0.159. The molecule has 1 aliphatic rings. The lowest BCUT2D eigenvalue weighted by Gasteiger charge is -2.31. The van der Waals surface area contributed by atoms with Gasteiger partial charge in [-0.1, -0.05) is 11.6 Å². The number of rotatable bonds is 5. The number of carbonyl (C=O) groups is 1. The minimum Gasteiger partial charge on any atom is -0.495 e. The van der Waals surface area contributed by atoms with E-state index in [1.54, 1.807) is 0 Å². The van der Waals surface area contributed by atoms with Crippen molar-refractivity contribution in [3.8, 4) is 5.75 Å². The van der Waals surface area contributed by atoms with E-state index in [1.807, 2.05) is 0 Å². The Morgan fingerprint density at radius 2 is 1.87 bits per heavy atom. The maximum atomic E-state index is 13.1. The normalized spacial score (nSPS) is 17.9. The molecule has 0 spiro atoms. The molecule has 1 heterocycles. The van der Waals surface area contributed by atoms with Gasteiger partial charge in [-0.3, -0.25) is 4.79 Å². The number of ether oxygens (including phenoxy) is 1. The number of carbonyl (C=O) groups excluding carboxylic acids is 1. The summed E-state index contributed by atoms with van der Waals surface area (Å²) in [6.07, 6.45) is -3.57. The van der Waals surface area contributed by atoms with Gasteiger partial charge in [-0.15, -0.1) is 0 Å². The molecule has 168 valence electrons. The Morgan fingerprint density at radius 1 is 1.19 bits per heavy atom. The van der Waals surface area contributed by atoms with Crippen LogP contribution in [0, 0.1) is 5.92 Å². The van der Waals surface area contributed by atoms with Crippen molar-refractivity contribution in [3.63, 3.8) is 0 Å². The zero-order chi connectivity index (χ0) is 22.8. The first-order chi connectivity index (χ1) is 14.5. The molecule has 2 aromatic rings. The average molecular weight is 477 g/mol. The topological polar surface area (TPSA) is 75.7 Å². The summed E-state index contributed by atoms with van der Waals surface area (Å²) in [5.74, 6) is -0.977. The summed E-state index contributed by atoms with van der Waals surface area (Å²) in [4.78, 5) is 12.5. The molecule has 0 aliphatic carbocycles. The number of nitrogens with one attached hydrogen (secondary N) is 1. The Balaban J connectivity index is 1.74. The molecule has 11 heteroatoms. The van der Waals surface area contributed by atoms with Gasteiger partial charge < -0.3 is 10.1 Å². The molecule has 0 radical (unpaired) electrons. The highest BCUT2D eigenvalue weighted by molar-refractivity contribution is 7.89. The Hall–Kier alpha value is -2.30. The molecule has 0 aromatic heterocycles.